The predicted octanol–water partition coefficient (Wildman–Crippen LogP) is 3.61. The number of aromatic nitrogens is 1. The van der Waals surface area contributed by atoms with Gasteiger partial charge in [0.05, 0.1) is 18.3 Å². The van der Waals surface area contributed by atoms with E-state index in [9.17, 15) is 0 Å². The standard InChI is InChI=1S/C22H25N3O/c1-26-22-9-5-4-8-21(22)25-16-14-24(15-17-25)13-12-19-11-10-18-6-2-3-7-20(18)23-19/h2-11H,12-17H2,1H3. The molecule has 2 aromatic carbocycles. The smallest absolute Gasteiger partial charge is 0.142 e. The normalized spacial score (nSPS) is 15.3. The van der Waals surface area contributed by atoms with E-state index in [-0.39, 0.29) is 0 Å². The largest absolute Gasteiger partial charge is 0.495 e. The van der Waals surface area contributed by atoms with Gasteiger partial charge in [0.25, 0.3) is 0 Å². The predicted molar refractivity (Wildman–Crippen MR) is 107 cm³/mol. The molecule has 4 nitrogen and oxygen atoms in total. The lowest BCUT2D eigenvalue weighted by Crippen LogP contribution is -2.47. The SMILES string of the molecule is COc1ccccc1N1CCN(CCc2ccc3ccccc3n2)CC1. The molecule has 4 rings (SSSR count). The molecule has 0 spiro atoms. The second-order valence-electron chi connectivity index (χ2n) is 6.75. The monoisotopic (exact) mass is 347 g/mol. The van der Waals surface area contributed by atoms with Crippen molar-refractivity contribution >= 4 is 16.6 Å². The third-order valence-corrected chi connectivity index (χ3v) is 5.14. The summed E-state index contributed by atoms with van der Waals surface area (Å²) in [5, 5.41) is 1.21. The van der Waals surface area contributed by atoms with Gasteiger partial charge < -0.3 is 9.64 Å². The van der Waals surface area contributed by atoms with Gasteiger partial charge >= 0.3 is 0 Å². The molecule has 4 heteroatoms. The maximum Gasteiger partial charge on any atom is 0.142 e. The summed E-state index contributed by atoms with van der Waals surface area (Å²) in [5.41, 5.74) is 3.47. The van der Waals surface area contributed by atoms with Crippen LogP contribution in [0, 0.1) is 0 Å². The number of ether oxygens (including phenoxy) is 1. The highest BCUT2D eigenvalue weighted by Gasteiger charge is 2.19. The molecule has 0 radical (unpaired) electrons. The average Bonchev–Trinajstić information content (AvgIpc) is 2.72. The number of rotatable bonds is 5. The van der Waals surface area contributed by atoms with Crippen LogP contribution in [0.4, 0.5) is 5.69 Å². The number of hydrogen-bond acceptors (Lipinski definition) is 4. The van der Waals surface area contributed by atoms with Gasteiger partial charge in [-0.3, -0.25) is 9.88 Å². The number of piperazine rings is 1. The number of fused-ring (bicyclic) bond motifs is 1. The Morgan fingerprint density at radius 2 is 1.65 bits per heavy atom. The molecule has 0 N–H and O–H groups in total. The van der Waals surface area contributed by atoms with Crippen LogP contribution in [-0.2, 0) is 6.42 Å². The molecule has 1 aliphatic heterocycles. The van der Waals surface area contributed by atoms with Crippen molar-refractivity contribution in [1.29, 1.82) is 0 Å². The Balaban J connectivity index is 1.33. The summed E-state index contributed by atoms with van der Waals surface area (Å²) in [6, 6.07) is 20.9. The average molecular weight is 347 g/mol. The van der Waals surface area contributed by atoms with Crippen molar-refractivity contribution in [3.8, 4) is 5.75 Å². The Morgan fingerprint density at radius 3 is 2.50 bits per heavy atom. The first kappa shape index (κ1) is 16.9. The van der Waals surface area contributed by atoms with Gasteiger partial charge in [-0.2, -0.15) is 0 Å². The Morgan fingerprint density at radius 1 is 0.885 bits per heavy atom. The second-order valence-corrected chi connectivity index (χ2v) is 6.75. The molecule has 0 unspecified atom stereocenters. The van der Waals surface area contributed by atoms with Crippen molar-refractivity contribution in [3.63, 3.8) is 0 Å². The number of hydrogen-bond donors (Lipinski definition) is 0. The zero-order valence-electron chi connectivity index (χ0n) is 15.3. The van der Waals surface area contributed by atoms with E-state index in [2.05, 4.69) is 58.3 Å². The lowest BCUT2D eigenvalue weighted by molar-refractivity contribution is 0.259. The Kier molecular flexibility index (Phi) is 5.02. The van der Waals surface area contributed by atoms with Gasteiger partial charge in [-0.15, -0.1) is 0 Å². The molecule has 1 saturated heterocycles. The van der Waals surface area contributed by atoms with Crippen LogP contribution >= 0.6 is 0 Å². The maximum atomic E-state index is 5.50. The van der Waals surface area contributed by atoms with Crippen molar-refractivity contribution in [2.75, 3.05) is 44.7 Å². The molecule has 2 heterocycles. The minimum atomic E-state index is 0.960. The van der Waals surface area contributed by atoms with E-state index in [0.29, 0.717) is 0 Å². The molecule has 1 aromatic heterocycles. The first-order valence-corrected chi connectivity index (χ1v) is 9.28. The molecule has 0 saturated carbocycles. The second kappa shape index (κ2) is 7.75. The zero-order chi connectivity index (χ0) is 17.8. The quantitative estimate of drug-likeness (QED) is 0.705. The molecule has 0 bridgehead atoms. The number of para-hydroxylation sites is 3. The highest BCUT2D eigenvalue weighted by atomic mass is 16.5. The van der Waals surface area contributed by atoms with Crippen molar-refractivity contribution in [2.24, 2.45) is 0 Å². The number of pyridine rings is 1. The van der Waals surface area contributed by atoms with Crippen LogP contribution in [0.15, 0.2) is 60.7 Å². The van der Waals surface area contributed by atoms with Gasteiger partial charge in [0.15, 0.2) is 0 Å². The van der Waals surface area contributed by atoms with Crippen molar-refractivity contribution in [3.05, 3.63) is 66.4 Å². The zero-order valence-corrected chi connectivity index (χ0v) is 15.3. The molecular formula is C22H25N3O. The third-order valence-electron chi connectivity index (χ3n) is 5.14. The van der Waals surface area contributed by atoms with E-state index in [1.165, 1.54) is 16.8 Å². The van der Waals surface area contributed by atoms with Crippen LogP contribution < -0.4 is 9.64 Å². The molecule has 0 atom stereocenters. The van der Waals surface area contributed by atoms with Crippen molar-refractivity contribution < 1.29 is 4.74 Å². The summed E-state index contributed by atoms with van der Waals surface area (Å²) in [5.74, 6) is 0.960. The fourth-order valence-electron chi connectivity index (χ4n) is 3.62. The van der Waals surface area contributed by atoms with E-state index >= 15 is 0 Å². The minimum Gasteiger partial charge on any atom is -0.495 e. The molecule has 134 valence electrons. The number of benzene rings is 2. The first-order valence-electron chi connectivity index (χ1n) is 9.28. The fraction of sp³-hybridized carbons (Fsp3) is 0.318. The van der Waals surface area contributed by atoms with E-state index in [0.717, 1.165) is 50.4 Å². The van der Waals surface area contributed by atoms with Crippen LogP contribution in [0.3, 0.4) is 0 Å². The van der Waals surface area contributed by atoms with Gasteiger partial charge in [-0.1, -0.05) is 36.4 Å². The van der Waals surface area contributed by atoms with Gasteiger partial charge in [0.1, 0.15) is 5.75 Å². The highest BCUT2D eigenvalue weighted by Crippen LogP contribution is 2.28. The summed E-state index contributed by atoms with van der Waals surface area (Å²) in [4.78, 5) is 9.74. The summed E-state index contributed by atoms with van der Waals surface area (Å²) in [6.45, 7) is 5.28. The summed E-state index contributed by atoms with van der Waals surface area (Å²) in [6.07, 6.45) is 0.999. The summed E-state index contributed by atoms with van der Waals surface area (Å²) < 4.78 is 5.50. The van der Waals surface area contributed by atoms with Crippen molar-refractivity contribution in [1.82, 2.24) is 9.88 Å². The molecule has 26 heavy (non-hydrogen) atoms. The Hall–Kier alpha value is -2.59. The van der Waals surface area contributed by atoms with Crippen LogP contribution in [0.2, 0.25) is 0 Å². The maximum absolute atomic E-state index is 5.50. The lowest BCUT2D eigenvalue weighted by Gasteiger charge is -2.36. The number of anilines is 1. The molecular weight excluding hydrogens is 322 g/mol. The fourth-order valence-corrected chi connectivity index (χ4v) is 3.62. The van der Waals surface area contributed by atoms with Crippen LogP contribution in [0.1, 0.15) is 5.69 Å². The highest BCUT2D eigenvalue weighted by molar-refractivity contribution is 5.78. The number of nitrogens with zero attached hydrogens (tertiary/aromatic N) is 3. The van der Waals surface area contributed by atoms with Gasteiger partial charge in [0.2, 0.25) is 0 Å². The third kappa shape index (κ3) is 3.65. The van der Waals surface area contributed by atoms with E-state index in [4.69, 9.17) is 9.72 Å². The van der Waals surface area contributed by atoms with E-state index in [1.807, 2.05) is 12.1 Å². The minimum absolute atomic E-state index is 0.960. The molecule has 1 fully saturated rings. The Bertz CT molecular complexity index is 872. The van der Waals surface area contributed by atoms with Crippen LogP contribution in [-0.4, -0.2) is 49.7 Å². The Labute approximate surface area is 155 Å². The van der Waals surface area contributed by atoms with Gasteiger partial charge in [-0.05, 0) is 24.3 Å². The van der Waals surface area contributed by atoms with Gasteiger partial charge in [-0.25, -0.2) is 0 Å². The first-order chi connectivity index (χ1) is 12.8. The molecule has 1 aliphatic rings. The summed E-state index contributed by atoms with van der Waals surface area (Å²) in [7, 11) is 1.74. The number of methoxy groups -OCH3 is 1. The molecule has 0 aliphatic carbocycles. The molecule has 3 aromatic rings. The van der Waals surface area contributed by atoms with E-state index in [1.54, 1.807) is 7.11 Å². The topological polar surface area (TPSA) is 28.6 Å². The van der Waals surface area contributed by atoms with Gasteiger partial charge in [0, 0.05) is 50.2 Å². The molecule has 0 amide bonds. The van der Waals surface area contributed by atoms with Crippen molar-refractivity contribution in [2.45, 2.75) is 6.42 Å². The van der Waals surface area contributed by atoms with Crippen LogP contribution in [0.25, 0.3) is 10.9 Å². The van der Waals surface area contributed by atoms with Crippen LogP contribution in [0.5, 0.6) is 5.75 Å². The van der Waals surface area contributed by atoms with E-state index < -0.39 is 0 Å². The summed E-state index contributed by atoms with van der Waals surface area (Å²) >= 11 is 0. The lowest BCUT2D eigenvalue weighted by atomic mass is 10.1.